The van der Waals surface area contributed by atoms with Crippen LogP contribution in [0.3, 0.4) is 0 Å². The summed E-state index contributed by atoms with van der Waals surface area (Å²) >= 11 is 9.71. The van der Waals surface area contributed by atoms with Crippen molar-refractivity contribution in [1.82, 2.24) is 19.7 Å². The third kappa shape index (κ3) is 7.68. The van der Waals surface area contributed by atoms with Gasteiger partial charge in [0.25, 0.3) is 5.91 Å². The van der Waals surface area contributed by atoms with Crippen LogP contribution in [0.15, 0.2) is 53.3 Å². The van der Waals surface area contributed by atoms with Gasteiger partial charge in [-0.05, 0) is 55.8 Å². The maximum absolute atomic E-state index is 15.1. The van der Waals surface area contributed by atoms with Gasteiger partial charge in [-0.3, -0.25) is 24.8 Å². The van der Waals surface area contributed by atoms with Crippen molar-refractivity contribution in [3.05, 3.63) is 63.9 Å². The van der Waals surface area contributed by atoms with Gasteiger partial charge in [0.1, 0.15) is 24.6 Å². The summed E-state index contributed by atoms with van der Waals surface area (Å²) in [6.45, 7) is 1.29. The van der Waals surface area contributed by atoms with Gasteiger partial charge in [0.05, 0.1) is 17.5 Å². The molecule has 0 saturated carbocycles. The highest BCUT2D eigenvalue weighted by atomic mass is 79.9. The van der Waals surface area contributed by atoms with Crippen molar-refractivity contribution in [3.8, 4) is 11.4 Å². The number of hydrogen-bond acceptors (Lipinski definition) is 6. The molecule has 2 atom stereocenters. The Hall–Kier alpha value is -3.59. The summed E-state index contributed by atoms with van der Waals surface area (Å²) in [5.41, 5.74) is -2.99. The molecule has 2 aromatic carbocycles. The first-order chi connectivity index (χ1) is 21.4. The van der Waals surface area contributed by atoms with Crippen LogP contribution < -0.4 is 4.90 Å². The summed E-state index contributed by atoms with van der Waals surface area (Å²) in [6.07, 6.45) is -2.90. The van der Waals surface area contributed by atoms with Crippen molar-refractivity contribution >= 4 is 51.1 Å². The van der Waals surface area contributed by atoms with E-state index in [1.165, 1.54) is 50.8 Å². The zero-order chi connectivity index (χ0) is 34.1. The topological polar surface area (TPSA) is 104 Å². The van der Waals surface area contributed by atoms with Crippen LogP contribution in [0, 0.1) is 10.8 Å². The Morgan fingerprint density at radius 1 is 1.11 bits per heavy atom. The third-order valence-corrected chi connectivity index (χ3v) is 8.21. The third-order valence-electron chi connectivity index (χ3n) is 7.35. The molecule has 2 heterocycles. The second kappa shape index (κ2) is 13.6. The Morgan fingerprint density at radius 3 is 2.35 bits per heavy atom. The summed E-state index contributed by atoms with van der Waals surface area (Å²) < 4.78 is 75.9. The van der Waals surface area contributed by atoms with Gasteiger partial charge >= 0.3 is 12.5 Å². The number of rotatable bonds is 12. The average molecular weight is 734 g/mol. The molecule has 3 aromatic rings. The number of nitrogens with zero attached hydrogens (tertiary/aromatic N) is 5. The van der Waals surface area contributed by atoms with Gasteiger partial charge in [0, 0.05) is 27.6 Å². The van der Waals surface area contributed by atoms with E-state index in [4.69, 9.17) is 21.7 Å². The minimum atomic E-state index is -3.07. The number of esters is 1. The van der Waals surface area contributed by atoms with Crippen molar-refractivity contribution in [3.63, 3.8) is 0 Å². The number of amides is 1. The van der Waals surface area contributed by atoms with Gasteiger partial charge in [-0.25, -0.2) is 18.2 Å². The Kier molecular flexibility index (Phi) is 10.5. The van der Waals surface area contributed by atoms with Crippen LogP contribution >= 0.6 is 27.5 Å². The van der Waals surface area contributed by atoms with Crippen LogP contribution in [0.25, 0.3) is 11.4 Å². The first-order valence-electron chi connectivity index (χ1n) is 14.0. The number of anilines is 1. The quantitative estimate of drug-likeness (QED) is 0.151. The van der Waals surface area contributed by atoms with Gasteiger partial charge in [-0.2, -0.15) is 18.6 Å². The highest BCUT2D eigenvalue weighted by Gasteiger charge is 2.49. The molecule has 4 rings (SSSR count). The summed E-state index contributed by atoms with van der Waals surface area (Å²) in [4.78, 5) is 33.1. The number of carbonyl (C=O) groups excluding carboxylic acids is 2. The molecule has 248 valence electrons. The monoisotopic (exact) mass is 732 g/mol. The molecule has 46 heavy (non-hydrogen) atoms. The number of halogens is 7. The maximum Gasteiger partial charge on any atom is 0.335 e. The fraction of sp³-hybridized carbons (Fsp3) is 0.433. The number of guanidine groups is 1. The van der Waals surface area contributed by atoms with E-state index < -0.39 is 61.0 Å². The Bertz CT molecular complexity index is 1600. The van der Waals surface area contributed by atoms with E-state index in [1.807, 2.05) is 0 Å². The first kappa shape index (κ1) is 35.3. The van der Waals surface area contributed by atoms with Gasteiger partial charge in [-0.15, -0.1) is 0 Å². The first-order valence-corrected chi connectivity index (χ1v) is 15.1. The average Bonchev–Trinajstić information content (AvgIpc) is 3.53. The minimum absolute atomic E-state index is 0.00323. The second-order valence-corrected chi connectivity index (χ2v) is 13.3. The molecular weight excluding hydrogens is 703 g/mol. The Morgan fingerprint density at radius 2 is 1.76 bits per heavy atom. The lowest BCUT2D eigenvalue weighted by atomic mass is 9.90. The van der Waals surface area contributed by atoms with E-state index >= 15 is 4.39 Å². The zero-order valence-electron chi connectivity index (χ0n) is 25.2. The molecule has 1 N–H and O–H groups in total. The lowest BCUT2D eigenvalue weighted by molar-refractivity contribution is -0.151. The highest BCUT2D eigenvalue weighted by molar-refractivity contribution is 9.10. The van der Waals surface area contributed by atoms with Crippen LogP contribution in [-0.2, 0) is 14.3 Å². The molecule has 1 aliphatic rings. The molecule has 1 aromatic heterocycles. The smallest absolute Gasteiger partial charge is 0.335 e. The largest absolute Gasteiger partial charge is 0.463 e. The fourth-order valence-corrected chi connectivity index (χ4v) is 5.45. The zero-order valence-corrected chi connectivity index (χ0v) is 27.5. The summed E-state index contributed by atoms with van der Waals surface area (Å²) in [7, 11) is 0. The normalized spacial score (nSPS) is 16.6. The number of hydrogen-bond donors (Lipinski definition) is 1. The molecule has 1 aliphatic heterocycles. The number of aromatic nitrogens is 3. The molecule has 0 bridgehead atoms. The van der Waals surface area contributed by atoms with Crippen LogP contribution in [0.1, 0.15) is 58.7 Å². The van der Waals surface area contributed by atoms with Crippen molar-refractivity contribution < 1.29 is 36.3 Å². The maximum atomic E-state index is 15.1. The van der Waals surface area contributed by atoms with Crippen LogP contribution in [0.4, 0.5) is 27.6 Å². The molecule has 0 radical (unpaired) electrons. The van der Waals surface area contributed by atoms with Crippen LogP contribution in [0.5, 0.6) is 0 Å². The molecule has 9 nitrogen and oxygen atoms in total. The Balaban J connectivity index is 1.81. The van der Waals surface area contributed by atoms with Crippen molar-refractivity contribution in [2.75, 3.05) is 11.5 Å². The summed E-state index contributed by atoms with van der Waals surface area (Å²) in [6, 6.07) is 8.27. The molecule has 0 unspecified atom stereocenters. The lowest BCUT2D eigenvalue weighted by Crippen LogP contribution is -2.39. The van der Waals surface area contributed by atoms with Crippen LogP contribution in [-0.4, -0.2) is 62.2 Å². The number of carbonyl (C=O) groups is 2. The highest BCUT2D eigenvalue weighted by Crippen LogP contribution is 2.39. The molecule has 1 fully saturated rings. The number of nitrogens with one attached hydrogen (secondary N) is 1. The molecular formula is C30H31BrClF5N6O3. The van der Waals surface area contributed by atoms with E-state index in [0.717, 1.165) is 15.7 Å². The van der Waals surface area contributed by atoms with E-state index in [0.29, 0.717) is 10.4 Å². The van der Waals surface area contributed by atoms with Gasteiger partial charge < -0.3 is 4.74 Å². The van der Waals surface area contributed by atoms with Gasteiger partial charge in [0.2, 0.25) is 12.4 Å². The molecule has 1 saturated heterocycles. The SMILES string of the molecule is CC(C)(F)C[C@H]1C(=O)N([C@H](COC(=O)CC(C)(C)C(F)F)c2ccc(Cl)c(-c3ncnn3C(F)F)c2)C(=N)N1c1ccc(Br)cc1. The molecule has 16 heteroatoms. The number of alkyl halides is 5. The standard InChI is InChI=1S/C30H31BrClF5N6O3/c1-29(2,26(33)34)13-23(44)46-14-22(16-5-10-20(32)19(11-16)24-39-15-40-43(24)27(35)36)42-25(45)21(12-30(3,4)37)41(28(42)38)18-8-6-17(31)7-9-18/h5-11,15,21-22,26-27,38H,12-14H2,1-4H3/t21-,22+/m0/s1. The second-order valence-electron chi connectivity index (χ2n) is 12.0. The van der Waals surface area contributed by atoms with Crippen molar-refractivity contribution in [2.45, 2.75) is 71.3 Å². The van der Waals surface area contributed by atoms with E-state index in [9.17, 15) is 27.2 Å². The summed E-state index contributed by atoms with van der Waals surface area (Å²) in [5, 5.41) is 12.7. The van der Waals surface area contributed by atoms with Gasteiger partial charge in [0.15, 0.2) is 5.82 Å². The Labute approximate surface area is 275 Å². The van der Waals surface area contributed by atoms with E-state index in [1.54, 1.807) is 24.3 Å². The van der Waals surface area contributed by atoms with Crippen molar-refractivity contribution in [1.29, 1.82) is 5.41 Å². The molecule has 0 aliphatic carbocycles. The lowest BCUT2D eigenvalue weighted by Gasteiger charge is -2.30. The predicted molar refractivity (Wildman–Crippen MR) is 165 cm³/mol. The van der Waals surface area contributed by atoms with E-state index in [-0.39, 0.29) is 34.4 Å². The molecule has 0 spiro atoms. The number of benzene rings is 2. The van der Waals surface area contributed by atoms with Crippen LogP contribution in [0.2, 0.25) is 5.02 Å². The van der Waals surface area contributed by atoms with E-state index in [2.05, 4.69) is 26.0 Å². The number of ether oxygens (including phenoxy) is 1. The van der Waals surface area contributed by atoms with Gasteiger partial charge in [-0.1, -0.05) is 47.4 Å². The fourth-order valence-electron chi connectivity index (χ4n) is 4.98. The molecule has 1 amide bonds. The predicted octanol–water partition coefficient (Wildman–Crippen LogP) is 7.81. The minimum Gasteiger partial charge on any atom is -0.463 e. The van der Waals surface area contributed by atoms with Crippen molar-refractivity contribution in [2.24, 2.45) is 5.41 Å². The summed E-state index contributed by atoms with van der Waals surface area (Å²) in [5.74, 6) is -2.39.